The van der Waals surface area contributed by atoms with Crippen molar-refractivity contribution in [2.45, 2.75) is 38.1 Å². The maximum absolute atomic E-state index is 12.2. The van der Waals surface area contributed by atoms with E-state index in [-0.39, 0.29) is 11.9 Å². The summed E-state index contributed by atoms with van der Waals surface area (Å²) in [6.45, 7) is 2.35. The molecule has 1 aromatic rings. The van der Waals surface area contributed by atoms with Crippen LogP contribution in [0.25, 0.3) is 0 Å². The van der Waals surface area contributed by atoms with E-state index in [0.29, 0.717) is 6.54 Å². The van der Waals surface area contributed by atoms with Crippen LogP contribution in [-0.4, -0.2) is 48.6 Å². The van der Waals surface area contributed by atoms with E-state index in [4.69, 9.17) is 0 Å². The molecule has 6 heteroatoms. The number of amides is 1. The molecule has 114 valence electrons. The van der Waals surface area contributed by atoms with E-state index >= 15 is 0 Å². The molecule has 0 radical (unpaired) electrons. The molecule has 2 aliphatic rings. The number of anilines is 1. The van der Waals surface area contributed by atoms with Crippen molar-refractivity contribution in [3.05, 3.63) is 17.6 Å². The minimum absolute atomic E-state index is 0.0446. The van der Waals surface area contributed by atoms with Crippen LogP contribution in [0.3, 0.4) is 0 Å². The summed E-state index contributed by atoms with van der Waals surface area (Å²) < 4.78 is 0. The number of likely N-dealkylation sites (N-methyl/N-ethyl adjacent to an activating group) is 1. The van der Waals surface area contributed by atoms with Gasteiger partial charge >= 0.3 is 0 Å². The zero-order valence-electron chi connectivity index (χ0n) is 12.6. The lowest BCUT2D eigenvalue weighted by Gasteiger charge is -2.37. The van der Waals surface area contributed by atoms with Crippen LogP contribution in [0.1, 0.15) is 30.5 Å². The minimum atomic E-state index is -0.189. The number of carbonyl (C=O) groups excluding carboxylic acids is 1. The summed E-state index contributed by atoms with van der Waals surface area (Å²) in [5, 5.41) is 6.06. The second-order valence-electron chi connectivity index (χ2n) is 5.71. The molecule has 2 N–H and O–H groups in total. The van der Waals surface area contributed by atoms with Crippen LogP contribution >= 0.6 is 0 Å². The van der Waals surface area contributed by atoms with Crippen molar-refractivity contribution >= 4 is 11.7 Å². The molecule has 1 aromatic heterocycles. The number of fused-ring (bicyclic) bond motifs is 1. The molecule has 1 aliphatic carbocycles. The second kappa shape index (κ2) is 6.39. The molecule has 1 aliphatic heterocycles. The highest BCUT2D eigenvalue weighted by Gasteiger charge is 2.31. The van der Waals surface area contributed by atoms with E-state index in [1.807, 2.05) is 0 Å². The number of hydrogen-bond acceptors (Lipinski definition) is 5. The first-order valence-corrected chi connectivity index (χ1v) is 7.83. The van der Waals surface area contributed by atoms with Gasteiger partial charge in [-0.05, 0) is 25.7 Å². The van der Waals surface area contributed by atoms with Gasteiger partial charge in [0.1, 0.15) is 18.2 Å². The number of nitrogens with zero attached hydrogens (tertiary/aromatic N) is 3. The Morgan fingerprint density at radius 2 is 2.19 bits per heavy atom. The maximum atomic E-state index is 12.2. The normalized spacial score (nSPS) is 22.3. The second-order valence-corrected chi connectivity index (χ2v) is 5.71. The Labute approximate surface area is 125 Å². The van der Waals surface area contributed by atoms with Gasteiger partial charge in [-0.25, -0.2) is 9.97 Å². The van der Waals surface area contributed by atoms with Gasteiger partial charge in [-0.3, -0.25) is 4.79 Å². The molecule has 1 fully saturated rings. The van der Waals surface area contributed by atoms with E-state index < -0.39 is 0 Å². The fourth-order valence-corrected chi connectivity index (χ4v) is 3.29. The highest BCUT2D eigenvalue weighted by Crippen LogP contribution is 2.28. The average Bonchev–Trinajstić information content (AvgIpc) is 2.79. The lowest BCUT2D eigenvalue weighted by Crippen LogP contribution is -2.58. The van der Waals surface area contributed by atoms with E-state index in [2.05, 4.69) is 25.5 Å². The Balaban J connectivity index is 1.96. The lowest BCUT2D eigenvalue weighted by atomic mass is 10.1. The van der Waals surface area contributed by atoms with Gasteiger partial charge in [0.05, 0.1) is 0 Å². The highest BCUT2D eigenvalue weighted by molar-refractivity contribution is 5.85. The molecule has 1 saturated heterocycles. The third kappa shape index (κ3) is 2.85. The van der Waals surface area contributed by atoms with Crippen LogP contribution in [-0.2, 0) is 17.6 Å². The number of rotatable bonds is 2. The molecule has 6 nitrogen and oxygen atoms in total. The van der Waals surface area contributed by atoms with Crippen LogP contribution in [0, 0.1) is 0 Å². The molecule has 0 bridgehead atoms. The SMILES string of the molecule is CNC(=O)C1CNCCN1c1ncnc2c1CCCCC2. The van der Waals surface area contributed by atoms with Gasteiger partial charge in [0.2, 0.25) is 5.91 Å². The van der Waals surface area contributed by atoms with Crippen molar-refractivity contribution in [3.63, 3.8) is 0 Å². The first kappa shape index (κ1) is 14.3. The van der Waals surface area contributed by atoms with Crippen LogP contribution in [0.2, 0.25) is 0 Å². The van der Waals surface area contributed by atoms with Crippen LogP contribution in [0.4, 0.5) is 5.82 Å². The maximum Gasteiger partial charge on any atom is 0.243 e. The number of carbonyl (C=O) groups is 1. The van der Waals surface area contributed by atoms with Crippen molar-refractivity contribution in [2.75, 3.05) is 31.6 Å². The number of aryl methyl sites for hydroxylation is 1. The van der Waals surface area contributed by atoms with Gasteiger partial charge < -0.3 is 15.5 Å². The van der Waals surface area contributed by atoms with Crippen molar-refractivity contribution < 1.29 is 4.79 Å². The van der Waals surface area contributed by atoms with Gasteiger partial charge in [-0.2, -0.15) is 0 Å². The van der Waals surface area contributed by atoms with E-state index in [1.165, 1.54) is 30.5 Å². The number of piperazine rings is 1. The molecular weight excluding hydrogens is 266 g/mol. The summed E-state index contributed by atoms with van der Waals surface area (Å²) in [5.41, 5.74) is 2.43. The zero-order valence-corrected chi connectivity index (χ0v) is 12.6. The molecule has 2 heterocycles. The van der Waals surface area contributed by atoms with Crippen molar-refractivity contribution in [3.8, 4) is 0 Å². The van der Waals surface area contributed by atoms with Crippen molar-refractivity contribution in [2.24, 2.45) is 0 Å². The smallest absolute Gasteiger partial charge is 0.243 e. The van der Waals surface area contributed by atoms with E-state index in [9.17, 15) is 4.79 Å². The van der Waals surface area contributed by atoms with Gasteiger partial charge in [-0.1, -0.05) is 6.42 Å². The molecule has 0 saturated carbocycles. The average molecular weight is 289 g/mol. The number of hydrogen-bond donors (Lipinski definition) is 2. The first-order chi connectivity index (χ1) is 10.3. The van der Waals surface area contributed by atoms with Gasteiger partial charge in [0, 0.05) is 37.9 Å². The summed E-state index contributed by atoms with van der Waals surface area (Å²) in [6.07, 6.45) is 7.34. The molecule has 21 heavy (non-hydrogen) atoms. The van der Waals surface area contributed by atoms with Crippen LogP contribution in [0.15, 0.2) is 6.33 Å². The molecule has 3 rings (SSSR count). The molecule has 1 amide bonds. The largest absolute Gasteiger partial charge is 0.357 e. The topological polar surface area (TPSA) is 70.2 Å². The Morgan fingerprint density at radius 3 is 3.05 bits per heavy atom. The Morgan fingerprint density at radius 1 is 1.33 bits per heavy atom. The van der Waals surface area contributed by atoms with Gasteiger partial charge in [0.25, 0.3) is 0 Å². The molecule has 0 spiro atoms. The predicted octanol–water partition coefficient (Wildman–Crippen LogP) is 0.270. The molecule has 1 unspecified atom stereocenters. The third-order valence-corrected chi connectivity index (χ3v) is 4.42. The Hall–Kier alpha value is -1.69. The third-order valence-electron chi connectivity index (χ3n) is 4.42. The van der Waals surface area contributed by atoms with Gasteiger partial charge in [0.15, 0.2) is 0 Å². The first-order valence-electron chi connectivity index (χ1n) is 7.83. The number of nitrogens with one attached hydrogen (secondary N) is 2. The van der Waals surface area contributed by atoms with Gasteiger partial charge in [-0.15, -0.1) is 0 Å². The molecular formula is C15H23N5O. The fraction of sp³-hybridized carbons (Fsp3) is 0.667. The quantitative estimate of drug-likeness (QED) is 0.765. The van der Waals surface area contributed by atoms with Crippen LogP contribution in [0.5, 0.6) is 0 Å². The fourth-order valence-electron chi connectivity index (χ4n) is 3.29. The molecule has 1 atom stereocenters. The Kier molecular flexibility index (Phi) is 4.34. The summed E-state index contributed by atoms with van der Waals surface area (Å²) in [4.78, 5) is 23.3. The standard InChI is InChI=1S/C15H23N5O/c1-16-15(21)13-9-17-7-8-20(13)14-11-5-3-2-4-6-12(11)18-10-19-14/h10,13,17H,2-9H2,1H3,(H,16,21). The monoisotopic (exact) mass is 289 g/mol. The summed E-state index contributed by atoms with van der Waals surface area (Å²) in [6, 6.07) is -0.189. The Bertz CT molecular complexity index is 519. The minimum Gasteiger partial charge on any atom is -0.357 e. The summed E-state index contributed by atoms with van der Waals surface area (Å²) in [7, 11) is 1.69. The van der Waals surface area contributed by atoms with Crippen molar-refractivity contribution in [1.29, 1.82) is 0 Å². The number of aromatic nitrogens is 2. The summed E-state index contributed by atoms with van der Waals surface area (Å²) >= 11 is 0. The summed E-state index contributed by atoms with van der Waals surface area (Å²) in [5.74, 6) is 1.01. The van der Waals surface area contributed by atoms with E-state index in [0.717, 1.165) is 31.7 Å². The highest BCUT2D eigenvalue weighted by atomic mass is 16.2. The molecule has 0 aromatic carbocycles. The predicted molar refractivity (Wildman–Crippen MR) is 81.4 cm³/mol. The zero-order chi connectivity index (χ0) is 14.7. The van der Waals surface area contributed by atoms with E-state index in [1.54, 1.807) is 13.4 Å². The van der Waals surface area contributed by atoms with Crippen LogP contribution < -0.4 is 15.5 Å². The van der Waals surface area contributed by atoms with Crippen molar-refractivity contribution in [1.82, 2.24) is 20.6 Å². The lowest BCUT2D eigenvalue weighted by molar-refractivity contribution is -0.122.